The zero-order valence-electron chi connectivity index (χ0n) is 18.1. The van der Waals surface area contributed by atoms with Gasteiger partial charge in [0, 0.05) is 57.6 Å². The number of aliphatic imine (C=N–C) groups is 1. The van der Waals surface area contributed by atoms with Crippen molar-refractivity contribution in [3.8, 4) is 0 Å². The van der Waals surface area contributed by atoms with E-state index in [1.165, 1.54) is 5.56 Å². The molecule has 1 heterocycles. The first-order valence-electron chi connectivity index (χ1n) is 10.9. The number of hydrogen-bond donors (Lipinski definition) is 2. The molecule has 6 nitrogen and oxygen atoms in total. The van der Waals surface area contributed by atoms with Gasteiger partial charge in [-0.25, -0.2) is 0 Å². The predicted octanol–water partition coefficient (Wildman–Crippen LogP) is 3.16. The normalized spacial score (nSPS) is 16.0. The number of guanidine groups is 1. The van der Waals surface area contributed by atoms with Gasteiger partial charge in [-0.05, 0) is 31.0 Å². The molecule has 0 saturated carbocycles. The van der Waals surface area contributed by atoms with Gasteiger partial charge in [0.2, 0.25) is 0 Å². The molecule has 0 spiro atoms. The Bertz CT molecular complexity index is 772. The number of methoxy groups -OCH3 is 1. The van der Waals surface area contributed by atoms with Crippen LogP contribution in [0.1, 0.15) is 24.0 Å². The van der Waals surface area contributed by atoms with Crippen molar-refractivity contribution in [2.75, 3.05) is 51.7 Å². The van der Waals surface area contributed by atoms with Crippen LogP contribution in [0.5, 0.6) is 0 Å². The van der Waals surface area contributed by atoms with E-state index >= 15 is 0 Å². The van der Waals surface area contributed by atoms with Gasteiger partial charge >= 0.3 is 0 Å². The Morgan fingerprint density at radius 2 is 1.67 bits per heavy atom. The average Bonchev–Trinajstić information content (AvgIpc) is 2.77. The van der Waals surface area contributed by atoms with Crippen LogP contribution in [-0.2, 0) is 17.9 Å². The summed E-state index contributed by atoms with van der Waals surface area (Å²) in [6.07, 6.45) is 2.20. The molecular weight excluding hydrogens is 374 g/mol. The van der Waals surface area contributed by atoms with Gasteiger partial charge in [0.1, 0.15) is 0 Å². The van der Waals surface area contributed by atoms with Crippen molar-refractivity contribution < 1.29 is 4.74 Å². The molecule has 0 amide bonds. The van der Waals surface area contributed by atoms with Crippen LogP contribution in [-0.4, -0.2) is 62.1 Å². The Kier molecular flexibility index (Phi) is 9.15. The fourth-order valence-corrected chi connectivity index (χ4v) is 3.76. The highest BCUT2D eigenvalue weighted by atomic mass is 16.5. The Hall–Kier alpha value is -2.41. The second-order valence-corrected chi connectivity index (χ2v) is 7.79. The van der Waals surface area contributed by atoms with E-state index in [0.717, 1.165) is 69.9 Å². The lowest BCUT2D eigenvalue weighted by Gasteiger charge is -2.34. The quantitative estimate of drug-likeness (QED) is 0.358. The summed E-state index contributed by atoms with van der Waals surface area (Å²) in [7, 11) is 1.69. The van der Waals surface area contributed by atoms with Gasteiger partial charge in [-0.3, -0.25) is 9.89 Å². The number of nitrogens with one attached hydrogen (secondary N) is 1. The minimum Gasteiger partial charge on any atom is -0.380 e. The SMILES string of the molecule is COCc1ccccc1NC(N)=NCCCCN1CCN(Cc2ccccc2)CC1. The maximum atomic E-state index is 6.06. The highest BCUT2D eigenvalue weighted by Gasteiger charge is 2.16. The first-order valence-corrected chi connectivity index (χ1v) is 10.9. The minimum absolute atomic E-state index is 0.466. The number of ether oxygens (including phenoxy) is 1. The first-order chi connectivity index (χ1) is 14.7. The number of nitrogens with zero attached hydrogens (tertiary/aromatic N) is 3. The number of nitrogens with two attached hydrogens (primary N) is 1. The summed E-state index contributed by atoms with van der Waals surface area (Å²) in [5.41, 5.74) is 9.49. The van der Waals surface area contributed by atoms with Crippen molar-refractivity contribution in [1.29, 1.82) is 0 Å². The van der Waals surface area contributed by atoms with Crippen LogP contribution >= 0.6 is 0 Å². The summed E-state index contributed by atoms with van der Waals surface area (Å²) >= 11 is 0. The summed E-state index contributed by atoms with van der Waals surface area (Å²) in [4.78, 5) is 9.59. The fraction of sp³-hybridized carbons (Fsp3) is 0.458. The molecule has 3 N–H and O–H groups in total. The predicted molar refractivity (Wildman–Crippen MR) is 125 cm³/mol. The molecule has 1 fully saturated rings. The maximum absolute atomic E-state index is 6.06. The van der Waals surface area contributed by atoms with Crippen molar-refractivity contribution in [2.24, 2.45) is 10.7 Å². The molecule has 0 aromatic heterocycles. The zero-order valence-corrected chi connectivity index (χ0v) is 18.1. The molecule has 0 atom stereocenters. The van der Waals surface area contributed by atoms with Crippen molar-refractivity contribution in [3.63, 3.8) is 0 Å². The van der Waals surface area contributed by atoms with Crippen molar-refractivity contribution in [3.05, 3.63) is 65.7 Å². The number of piperazine rings is 1. The number of para-hydroxylation sites is 1. The van der Waals surface area contributed by atoms with Crippen LogP contribution in [0.2, 0.25) is 0 Å². The second-order valence-electron chi connectivity index (χ2n) is 7.79. The van der Waals surface area contributed by atoms with Gasteiger partial charge in [0.05, 0.1) is 6.61 Å². The minimum atomic E-state index is 0.466. The third kappa shape index (κ3) is 7.44. The molecule has 1 saturated heterocycles. The van der Waals surface area contributed by atoms with Crippen LogP contribution in [0.25, 0.3) is 0 Å². The number of benzene rings is 2. The van der Waals surface area contributed by atoms with E-state index in [2.05, 4.69) is 50.4 Å². The van der Waals surface area contributed by atoms with Crippen molar-refractivity contribution >= 4 is 11.6 Å². The van der Waals surface area contributed by atoms with E-state index < -0.39 is 0 Å². The third-order valence-electron chi connectivity index (χ3n) is 5.46. The Labute approximate surface area is 180 Å². The number of unbranched alkanes of at least 4 members (excludes halogenated alkanes) is 1. The first kappa shape index (κ1) is 22.3. The molecular formula is C24H35N5O. The summed E-state index contributed by atoms with van der Waals surface area (Å²) in [6, 6.07) is 18.7. The van der Waals surface area contributed by atoms with Crippen LogP contribution in [0.3, 0.4) is 0 Å². The molecule has 1 aliphatic rings. The monoisotopic (exact) mass is 409 g/mol. The Balaban J connectivity index is 1.30. The molecule has 3 rings (SSSR count). The number of hydrogen-bond acceptors (Lipinski definition) is 4. The van der Waals surface area contributed by atoms with Crippen LogP contribution in [0.15, 0.2) is 59.6 Å². The van der Waals surface area contributed by atoms with Gasteiger partial charge in [0.25, 0.3) is 0 Å². The standard InChI is InChI=1S/C24H35N5O/c1-30-20-22-11-5-6-12-23(22)27-24(25)26-13-7-8-14-28-15-17-29(18-16-28)19-21-9-3-2-4-10-21/h2-6,9-12H,7-8,13-20H2,1H3,(H3,25,26,27). The summed E-state index contributed by atoms with van der Waals surface area (Å²) in [5, 5.41) is 3.19. The Morgan fingerprint density at radius 3 is 2.43 bits per heavy atom. The van der Waals surface area contributed by atoms with Crippen LogP contribution < -0.4 is 11.1 Å². The molecule has 1 aliphatic heterocycles. The number of anilines is 1. The average molecular weight is 410 g/mol. The molecule has 2 aromatic rings. The fourth-order valence-electron chi connectivity index (χ4n) is 3.76. The van der Waals surface area contributed by atoms with Gasteiger partial charge < -0.3 is 20.7 Å². The Morgan fingerprint density at radius 1 is 0.967 bits per heavy atom. The van der Waals surface area contributed by atoms with E-state index in [0.29, 0.717) is 12.6 Å². The van der Waals surface area contributed by atoms with Crippen molar-refractivity contribution in [1.82, 2.24) is 9.80 Å². The zero-order chi connectivity index (χ0) is 21.0. The van der Waals surface area contributed by atoms with Gasteiger partial charge in [-0.2, -0.15) is 0 Å². The van der Waals surface area contributed by atoms with E-state index in [-0.39, 0.29) is 0 Å². The summed E-state index contributed by atoms with van der Waals surface area (Å²) < 4.78 is 5.23. The molecule has 0 bridgehead atoms. The van der Waals surface area contributed by atoms with Crippen LogP contribution in [0.4, 0.5) is 5.69 Å². The smallest absolute Gasteiger partial charge is 0.193 e. The largest absolute Gasteiger partial charge is 0.380 e. The van der Waals surface area contributed by atoms with Crippen molar-refractivity contribution in [2.45, 2.75) is 26.0 Å². The van der Waals surface area contributed by atoms with Crippen LogP contribution in [0, 0.1) is 0 Å². The van der Waals surface area contributed by atoms with E-state index in [9.17, 15) is 0 Å². The van der Waals surface area contributed by atoms with E-state index in [1.807, 2.05) is 24.3 Å². The van der Waals surface area contributed by atoms with Gasteiger partial charge in [-0.1, -0.05) is 48.5 Å². The summed E-state index contributed by atoms with van der Waals surface area (Å²) in [5.74, 6) is 0.466. The lowest BCUT2D eigenvalue weighted by atomic mass is 10.2. The highest BCUT2D eigenvalue weighted by Crippen LogP contribution is 2.15. The molecule has 162 valence electrons. The number of rotatable bonds is 10. The lowest BCUT2D eigenvalue weighted by molar-refractivity contribution is 0.126. The van der Waals surface area contributed by atoms with Gasteiger partial charge in [-0.15, -0.1) is 0 Å². The third-order valence-corrected chi connectivity index (χ3v) is 5.46. The molecule has 6 heteroatoms. The molecule has 30 heavy (non-hydrogen) atoms. The molecule has 0 radical (unpaired) electrons. The lowest BCUT2D eigenvalue weighted by Crippen LogP contribution is -2.46. The molecule has 0 aliphatic carbocycles. The maximum Gasteiger partial charge on any atom is 0.193 e. The van der Waals surface area contributed by atoms with Gasteiger partial charge in [0.15, 0.2) is 5.96 Å². The van der Waals surface area contributed by atoms with E-state index in [4.69, 9.17) is 10.5 Å². The summed E-state index contributed by atoms with van der Waals surface area (Å²) in [6.45, 7) is 8.08. The van der Waals surface area contributed by atoms with E-state index in [1.54, 1.807) is 7.11 Å². The topological polar surface area (TPSA) is 66.1 Å². The highest BCUT2D eigenvalue weighted by molar-refractivity contribution is 5.92. The second kappa shape index (κ2) is 12.3. The molecule has 0 unspecified atom stereocenters. The molecule has 2 aromatic carbocycles.